The molecule has 0 radical (unpaired) electrons. The number of anilines is 1. The Labute approximate surface area is 111 Å². The molecule has 0 aliphatic rings. The summed E-state index contributed by atoms with van der Waals surface area (Å²) in [5, 5.41) is 2.99. The third-order valence-electron chi connectivity index (χ3n) is 3.13. The van der Waals surface area contributed by atoms with Crippen LogP contribution in [0.25, 0.3) is 0 Å². The van der Waals surface area contributed by atoms with Crippen LogP contribution in [-0.4, -0.2) is 11.9 Å². The Morgan fingerprint density at radius 1 is 1.47 bits per heavy atom. The number of nitrogens with one attached hydrogen (secondary N) is 1. The number of hydrogen-bond acceptors (Lipinski definition) is 2. The molecule has 0 fully saturated rings. The fourth-order valence-corrected chi connectivity index (χ4v) is 1.95. The van der Waals surface area contributed by atoms with E-state index in [1.165, 1.54) is 0 Å². The van der Waals surface area contributed by atoms with Crippen LogP contribution in [0.2, 0.25) is 0 Å². The summed E-state index contributed by atoms with van der Waals surface area (Å²) < 4.78 is 0.661. The Morgan fingerprint density at radius 3 is 2.71 bits per heavy atom. The lowest BCUT2D eigenvalue weighted by Gasteiger charge is -2.20. The highest BCUT2D eigenvalue weighted by Crippen LogP contribution is 2.23. The maximum absolute atomic E-state index is 12.1. The summed E-state index contributed by atoms with van der Waals surface area (Å²) in [6.07, 6.45) is 1.04. The van der Waals surface area contributed by atoms with Crippen LogP contribution in [0.15, 0.2) is 22.7 Å². The first-order valence-corrected chi connectivity index (χ1v) is 6.61. The molecule has 2 unspecified atom stereocenters. The predicted octanol–water partition coefficient (Wildman–Crippen LogP) is 3.20. The first kappa shape index (κ1) is 14.0. The molecule has 0 heterocycles. The number of hydrogen-bond donors (Lipinski definition) is 2. The molecule has 0 aromatic heterocycles. The lowest BCUT2D eigenvalue weighted by Crippen LogP contribution is -2.37. The van der Waals surface area contributed by atoms with Crippen LogP contribution in [0.3, 0.4) is 0 Å². The van der Waals surface area contributed by atoms with Gasteiger partial charge < -0.3 is 11.1 Å². The zero-order valence-electron chi connectivity index (χ0n) is 10.5. The number of nitrogens with two attached hydrogens (primary N) is 1. The SMILES string of the molecule is CCC(C)C(C)NC(=O)c1cccc(N)c1Br. The molecule has 3 N–H and O–H groups in total. The Balaban J connectivity index is 2.80. The molecule has 3 nitrogen and oxygen atoms in total. The fourth-order valence-electron chi connectivity index (χ4n) is 1.51. The first-order chi connectivity index (χ1) is 7.97. The average molecular weight is 299 g/mol. The van der Waals surface area contributed by atoms with Crippen LogP contribution in [0, 0.1) is 5.92 Å². The molecule has 0 saturated carbocycles. The van der Waals surface area contributed by atoms with Crippen molar-refractivity contribution in [2.24, 2.45) is 5.92 Å². The maximum atomic E-state index is 12.1. The zero-order chi connectivity index (χ0) is 13.0. The number of carbonyl (C=O) groups is 1. The average Bonchev–Trinajstić information content (AvgIpc) is 2.31. The van der Waals surface area contributed by atoms with Crippen LogP contribution >= 0.6 is 15.9 Å². The molecule has 0 saturated heterocycles. The molecule has 2 atom stereocenters. The Hall–Kier alpha value is -1.03. The van der Waals surface area contributed by atoms with Crippen LogP contribution in [0.5, 0.6) is 0 Å². The zero-order valence-corrected chi connectivity index (χ0v) is 12.0. The molecule has 0 aliphatic carbocycles. The van der Waals surface area contributed by atoms with Gasteiger partial charge in [0.1, 0.15) is 0 Å². The van der Waals surface area contributed by atoms with Gasteiger partial charge in [-0.3, -0.25) is 4.79 Å². The van der Waals surface area contributed by atoms with E-state index in [9.17, 15) is 4.79 Å². The number of halogens is 1. The van der Waals surface area contributed by atoms with Gasteiger partial charge in [-0.1, -0.05) is 26.3 Å². The van der Waals surface area contributed by atoms with Crippen molar-refractivity contribution in [3.05, 3.63) is 28.2 Å². The van der Waals surface area contributed by atoms with Gasteiger partial charge in [-0.2, -0.15) is 0 Å². The van der Waals surface area contributed by atoms with Gasteiger partial charge in [0.05, 0.1) is 10.0 Å². The van der Waals surface area contributed by atoms with E-state index in [2.05, 4.69) is 35.1 Å². The number of nitrogen functional groups attached to an aromatic ring is 1. The Bertz CT molecular complexity index is 406. The summed E-state index contributed by atoms with van der Waals surface area (Å²) in [5.74, 6) is 0.371. The second kappa shape index (κ2) is 6.05. The molecule has 94 valence electrons. The van der Waals surface area contributed by atoms with E-state index < -0.39 is 0 Å². The lowest BCUT2D eigenvalue weighted by molar-refractivity contribution is 0.0927. The summed E-state index contributed by atoms with van der Waals surface area (Å²) in [6, 6.07) is 5.46. The highest BCUT2D eigenvalue weighted by atomic mass is 79.9. The molecule has 1 rings (SSSR count). The minimum absolute atomic E-state index is 0.0861. The van der Waals surface area contributed by atoms with Gasteiger partial charge in [0, 0.05) is 11.7 Å². The van der Waals surface area contributed by atoms with E-state index in [-0.39, 0.29) is 11.9 Å². The van der Waals surface area contributed by atoms with Crippen LogP contribution in [-0.2, 0) is 0 Å². The normalized spacial score (nSPS) is 14.1. The van der Waals surface area contributed by atoms with E-state index in [4.69, 9.17) is 5.73 Å². The van der Waals surface area contributed by atoms with E-state index in [1.807, 2.05) is 6.92 Å². The van der Waals surface area contributed by atoms with Gasteiger partial charge in [-0.15, -0.1) is 0 Å². The van der Waals surface area contributed by atoms with E-state index in [1.54, 1.807) is 18.2 Å². The number of rotatable bonds is 4. The molecular formula is C13H19BrN2O. The van der Waals surface area contributed by atoms with Gasteiger partial charge in [0.25, 0.3) is 5.91 Å². The third kappa shape index (κ3) is 3.46. The number of benzene rings is 1. The van der Waals surface area contributed by atoms with Crippen molar-refractivity contribution in [3.8, 4) is 0 Å². The van der Waals surface area contributed by atoms with Gasteiger partial charge in [0.15, 0.2) is 0 Å². The van der Waals surface area contributed by atoms with Crippen LogP contribution in [0.4, 0.5) is 5.69 Å². The van der Waals surface area contributed by atoms with E-state index in [0.29, 0.717) is 21.6 Å². The quantitative estimate of drug-likeness (QED) is 0.839. The standard InChI is InChI=1S/C13H19BrN2O/c1-4-8(2)9(3)16-13(17)10-6-5-7-11(15)12(10)14/h5-9H,4,15H2,1-3H3,(H,16,17). The summed E-state index contributed by atoms with van der Waals surface area (Å²) in [7, 11) is 0. The molecule has 0 bridgehead atoms. The molecule has 1 amide bonds. The van der Waals surface area contributed by atoms with Gasteiger partial charge in [0.2, 0.25) is 0 Å². The van der Waals surface area contributed by atoms with Crippen molar-refractivity contribution in [1.82, 2.24) is 5.32 Å². The Morgan fingerprint density at radius 2 is 2.12 bits per heavy atom. The van der Waals surface area contributed by atoms with Gasteiger partial charge in [-0.05, 0) is 40.9 Å². The molecule has 4 heteroatoms. The molecule has 1 aromatic carbocycles. The second-order valence-corrected chi connectivity index (χ2v) is 5.15. The van der Waals surface area contributed by atoms with Crippen molar-refractivity contribution in [2.75, 3.05) is 5.73 Å². The molecule has 0 spiro atoms. The number of carbonyl (C=O) groups excluding carboxylic acids is 1. The van der Waals surface area contributed by atoms with E-state index >= 15 is 0 Å². The number of amides is 1. The van der Waals surface area contributed by atoms with Crippen molar-refractivity contribution in [1.29, 1.82) is 0 Å². The first-order valence-electron chi connectivity index (χ1n) is 5.82. The molecular weight excluding hydrogens is 280 g/mol. The molecule has 0 aliphatic heterocycles. The van der Waals surface area contributed by atoms with Gasteiger partial charge >= 0.3 is 0 Å². The van der Waals surface area contributed by atoms with Crippen molar-refractivity contribution >= 4 is 27.5 Å². The minimum atomic E-state index is -0.0861. The van der Waals surface area contributed by atoms with Crippen molar-refractivity contribution < 1.29 is 4.79 Å². The third-order valence-corrected chi connectivity index (χ3v) is 4.01. The van der Waals surface area contributed by atoms with E-state index in [0.717, 1.165) is 6.42 Å². The molecule has 1 aromatic rings. The Kier molecular flexibility index (Phi) is 5.00. The molecule has 17 heavy (non-hydrogen) atoms. The smallest absolute Gasteiger partial charge is 0.252 e. The maximum Gasteiger partial charge on any atom is 0.252 e. The predicted molar refractivity (Wildman–Crippen MR) is 74.9 cm³/mol. The minimum Gasteiger partial charge on any atom is -0.398 e. The largest absolute Gasteiger partial charge is 0.398 e. The van der Waals surface area contributed by atoms with Crippen molar-refractivity contribution in [2.45, 2.75) is 33.2 Å². The monoisotopic (exact) mass is 298 g/mol. The summed E-state index contributed by atoms with van der Waals surface area (Å²) in [5.41, 5.74) is 6.91. The summed E-state index contributed by atoms with van der Waals surface area (Å²) in [4.78, 5) is 12.1. The van der Waals surface area contributed by atoms with Crippen LogP contribution < -0.4 is 11.1 Å². The van der Waals surface area contributed by atoms with Gasteiger partial charge in [-0.25, -0.2) is 0 Å². The lowest BCUT2D eigenvalue weighted by atomic mass is 10.0. The topological polar surface area (TPSA) is 55.1 Å². The summed E-state index contributed by atoms with van der Waals surface area (Å²) in [6.45, 7) is 6.26. The van der Waals surface area contributed by atoms with Crippen LogP contribution in [0.1, 0.15) is 37.6 Å². The fraction of sp³-hybridized carbons (Fsp3) is 0.462. The summed E-state index contributed by atoms with van der Waals surface area (Å²) >= 11 is 3.34. The van der Waals surface area contributed by atoms with Crippen molar-refractivity contribution in [3.63, 3.8) is 0 Å². The second-order valence-electron chi connectivity index (χ2n) is 4.36. The highest BCUT2D eigenvalue weighted by molar-refractivity contribution is 9.10. The highest BCUT2D eigenvalue weighted by Gasteiger charge is 2.16.